The standard InChI is InChI=1S/6ClH.Hf.H2O/h6*1H;;1H2/q;;;;;;+4;/p-4. The van der Waals surface area contributed by atoms with Gasteiger partial charge in [-0.2, -0.15) is 0 Å². The fourth-order valence-corrected chi connectivity index (χ4v) is 0. The van der Waals surface area contributed by atoms with Gasteiger partial charge in [-0.05, 0) is 0 Å². The normalized spacial score (nSPS) is 0. The van der Waals surface area contributed by atoms with Crippen LogP contribution in [0, 0.1) is 0 Å². The molecule has 0 saturated carbocycles. The van der Waals surface area contributed by atoms with E-state index < -0.39 is 0 Å². The first-order chi connectivity index (χ1) is 0. The van der Waals surface area contributed by atoms with E-state index in [0.29, 0.717) is 0 Å². The molecule has 0 atom stereocenters. The SMILES string of the molecule is Cl.Cl.O.[Cl-].[Cl-].[Cl-].[Cl-].[Hf+4]. The second-order valence-electron chi connectivity index (χ2n) is 0. The monoisotopic (exact) mass is 410 g/mol. The molecule has 8 heavy (non-hydrogen) atoms. The van der Waals surface area contributed by atoms with Crippen molar-refractivity contribution in [3.8, 4) is 0 Å². The Morgan fingerprint density at radius 2 is 0.500 bits per heavy atom. The Morgan fingerprint density at radius 1 is 0.500 bits per heavy atom. The molecule has 0 aliphatic carbocycles. The maximum Gasteiger partial charge on any atom is 4.00 e. The average Bonchev–Trinajstić information content (AvgIpc) is 0. The summed E-state index contributed by atoms with van der Waals surface area (Å²) in [6, 6.07) is 0. The Kier molecular flexibility index (Phi) is 1950. The van der Waals surface area contributed by atoms with Crippen molar-refractivity contribution in [2.24, 2.45) is 0 Å². The Hall–Kier alpha value is 2.57. The first-order valence-corrected chi connectivity index (χ1v) is 0. The largest absolute Gasteiger partial charge is 4.00 e. The molecule has 0 saturated heterocycles. The molecule has 0 fully saturated rings. The molecule has 0 spiro atoms. The van der Waals surface area contributed by atoms with Gasteiger partial charge in [-0.3, -0.25) is 0 Å². The van der Waals surface area contributed by atoms with Crippen LogP contribution in [0.4, 0.5) is 0 Å². The number of halogens is 6. The van der Waals surface area contributed by atoms with Gasteiger partial charge in [0.1, 0.15) is 0 Å². The Morgan fingerprint density at radius 3 is 0.500 bits per heavy atom. The van der Waals surface area contributed by atoms with E-state index in [-0.39, 0.29) is 106 Å². The van der Waals surface area contributed by atoms with Crippen molar-refractivity contribution in [2.45, 2.75) is 0 Å². The summed E-state index contributed by atoms with van der Waals surface area (Å²) in [4.78, 5) is 0. The van der Waals surface area contributed by atoms with Crippen molar-refractivity contribution in [1.29, 1.82) is 0 Å². The van der Waals surface area contributed by atoms with Crippen molar-refractivity contribution in [2.75, 3.05) is 0 Å². The van der Waals surface area contributed by atoms with Crippen LogP contribution in [0.15, 0.2) is 0 Å². The Bertz CT molecular complexity index is 8.49. The number of rotatable bonds is 0. The molecule has 8 heteroatoms. The molecule has 0 aromatic rings. The molecule has 0 radical (unpaired) electrons. The fourth-order valence-electron chi connectivity index (χ4n) is 0. The van der Waals surface area contributed by atoms with Crippen LogP contribution >= 0.6 is 24.8 Å². The molecule has 1 nitrogen and oxygen atoms in total. The van der Waals surface area contributed by atoms with Crippen LogP contribution in [-0.4, -0.2) is 5.48 Å². The van der Waals surface area contributed by atoms with Crippen LogP contribution in [0.25, 0.3) is 0 Å². The van der Waals surface area contributed by atoms with Crippen molar-refractivity contribution >= 4 is 24.8 Å². The zero-order valence-electron chi connectivity index (χ0n) is 3.33. The topological polar surface area (TPSA) is 31.5 Å². The predicted molar refractivity (Wildman–Crippen MR) is 18.1 cm³/mol. The van der Waals surface area contributed by atoms with Gasteiger partial charge in [0.05, 0.1) is 0 Å². The number of hydrogen-bond donors (Lipinski definition) is 0. The van der Waals surface area contributed by atoms with E-state index in [2.05, 4.69) is 0 Å². The van der Waals surface area contributed by atoms with Crippen LogP contribution in [0.2, 0.25) is 0 Å². The Balaban J connectivity index is 0. The van der Waals surface area contributed by atoms with E-state index in [1.54, 1.807) is 0 Å². The third-order valence-electron chi connectivity index (χ3n) is 0. The van der Waals surface area contributed by atoms with Gasteiger partial charge in [0.25, 0.3) is 0 Å². The third-order valence-corrected chi connectivity index (χ3v) is 0. The summed E-state index contributed by atoms with van der Waals surface area (Å²) in [5.74, 6) is 0. The van der Waals surface area contributed by atoms with E-state index in [0.717, 1.165) is 0 Å². The van der Waals surface area contributed by atoms with Gasteiger partial charge in [-0.1, -0.05) is 0 Å². The van der Waals surface area contributed by atoms with Crippen LogP contribution < -0.4 is 49.6 Å². The minimum Gasteiger partial charge on any atom is -1.00 e. The maximum atomic E-state index is 0. The van der Waals surface area contributed by atoms with Gasteiger partial charge in [-0.15, -0.1) is 24.8 Å². The molecule has 2 N–H and O–H groups in total. The second kappa shape index (κ2) is 106. The molecule has 0 rings (SSSR count). The smallest absolute Gasteiger partial charge is 1.00 e. The van der Waals surface area contributed by atoms with Gasteiger partial charge in [-0.25, -0.2) is 0 Å². The molecule has 0 heterocycles. The van der Waals surface area contributed by atoms with Crippen LogP contribution in [-0.2, 0) is 25.8 Å². The van der Waals surface area contributed by atoms with Crippen LogP contribution in [0.1, 0.15) is 0 Å². The fraction of sp³-hybridized carbons (Fsp3) is 0. The van der Waals surface area contributed by atoms with Gasteiger partial charge in [0, 0.05) is 0 Å². The minimum absolute atomic E-state index is 0. The predicted octanol–water partition coefficient (Wildman–Crippen LogP) is -12.0. The van der Waals surface area contributed by atoms with Gasteiger partial charge in [0.2, 0.25) is 0 Å². The second-order valence-corrected chi connectivity index (χ2v) is 0. The van der Waals surface area contributed by atoms with Crippen LogP contribution in [0.5, 0.6) is 0 Å². The maximum absolute atomic E-state index is 0. The van der Waals surface area contributed by atoms with Crippen molar-refractivity contribution in [3.05, 3.63) is 0 Å². The molecule has 0 aromatic carbocycles. The van der Waals surface area contributed by atoms with Gasteiger partial charge < -0.3 is 55.1 Å². The molecular formula is H4Cl6HfO. The molecule has 0 aliphatic heterocycles. The molecule has 0 aromatic heterocycles. The summed E-state index contributed by atoms with van der Waals surface area (Å²) in [5.41, 5.74) is 0. The first-order valence-electron chi connectivity index (χ1n) is 0. The van der Waals surface area contributed by atoms with E-state index in [4.69, 9.17) is 0 Å². The van der Waals surface area contributed by atoms with Crippen molar-refractivity contribution < 1.29 is 80.9 Å². The van der Waals surface area contributed by atoms with Crippen molar-refractivity contribution in [3.63, 3.8) is 0 Å². The number of hydrogen-bond acceptors (Lipinski definition) is 0. The van der Waals surface area contributed by atoms with E-state index in [1.807, 2.05) is 0 Å². The summed E-state index contributed by atoms with van der Waals surface area (Å²) in [7, 11) is 0. The quantitative estimate of drug-likeness (QED) is 0.355. The zero-order valence-corrected chi connectivity index (χ0v) is 11.6. The summed E-state index contributed by atoms with van der Waals surface area (Å²) < 4.78 is 0. The summed E-state index contributed by atoms with van der Waals surface area (Å²) in [5, 5.41) is 0. The minimum atomic E-state index is 0. The van der Waals surface area contributed by atoms with E-state index >= 15 is 0 Å². The van der Waals surface area contributed by atoms with Gasteiger partial charge in [0.15, 0.2) is 0 Å². The van der Waals surface area contributed by atoms with Crippen LogP contribution in [0.3, 0.4) is 0 Å². The molecular weight excluding hydrogens is 407 g/mol. The van der Waals surface area contributed by atoms with E-state index in [1.165, 1.54) is 0 Å². The van der Waals surface area contributed by atoms with E-state index in [9.17, 15) is 0 Å². The summed E-state index contributed by atoms with van der Waals surface area (Å²) in [6.45, 7) is 0. The first kappa shape index (κ1) is 147. The molecule has 0 aliphatic rings. The third kappa shape index (κ3) is 74.4. The molecule has 0 amide bonds. The summed E-state index contributed by atoms with van der Waals surface area (Å²) in [6.07, 6.45) is 0. The summed E-state index contributed by atoms with van der Waals surface area (Å²) >= 11 is 0. The average molecular weight is 411 g/mol. The zero-order chi connectivity index (χ0) is 0. The molecule has 0 unspecified atom stereocenters. The van der Waals surface area contributed by atoms with Gasteiger partial charge >= 0.3 is 25.8 Å². The van der Waals surface area contributed by atoms with Crippen molar-refractivity contribution in [1.82, 2.24) is 0 Å². The Labute approximate surface area is 105 Å². The molecule has 56 valence electrons. The molecule has 0 bridgehead atoms.